The highest BCUT2D eigenvalue weighted by atomic mass is 16.5. The topological polar surface area (TPSA) is 110 Å². The van der Waals surface area contributed by atoms with Gasteiger partial charge < -0.3 is 15.4 Å². The van der Waals surface area contributed by atoms with Crippen molar-refractivity contribution in [2.75, 3.05) is 5.32 Å². The number of aromatic amines is 1. The van der Waals surface area contributed by atoms with Crippen LogP contribution in [0, 0.1) is 17.8 Å². The number of fused-ring (bicyclic) bond motifs is 1. The Labute approximate surface area is 144 Å². The van der Waals surface area contributed by atoms with Crippen molar-refractivity contribution in [3.63, 3.8) is 0 Å². The number of nitrogens with zero attached hydrogens (tertiary/aromatic N) is 1. The van der Waals surface area contributed by atoms with E-state index in [2.05, 4.69) is 15.3 Å². The Hall–Kier alpha value is -2.12. The normalized spacial score (nSPS) is 35.9. The number of H-pyrrole nitrogens is 1. The largest absolute Gasteiger partial charge is 0.390 e. The minimum atomic E-state index is -0.569. The lowest BCUT2D eigenvalue weighted by Crippen LogP contribution is -2.59. The predicted molar refractivity (Wildman–Crippen MR) is 91.3 cm³/mol. The molecule has 4 saturated carbocycles. The standard InChI is InChI=1S/C18H22N4O3/c23-17(22-25)13-8-20-16-12(1-2-19-16)15(13)21-14-10-3-9-4-11(14)7-18(24,5-9)6-10/h1-2,8-11,14,24-25H,3-7H2,(H,22,23)(H2,19,20,21). The van der Waals surface area contributed by atoms with E-state index in [0.717, 1.165) is 37.5 Å². The van der Waals surface area contributed by atoms with E-state index in [4.69, 9.17) is 5.21 Å². The van der Waals surface area contributed by atoms with E-state index >= 15 is 0 Å². The van der Waals surface area contributed by atoms with Gasteiger partial charge in [0.15, 0.2) is 0 Å². The molecule has 0 spiro atoms. The number of pyridine rings is 1. The van der Waals surface area contributed by atoms with Gasteiger partial charge in [-0.05, 0) is 55.9 Å². The van der Waals surface area contributed by atoms with Crippen molar-refractivity contribution in [2.45, 2.75) is 43.7 Å². The Balaban J connectivity index is 1.54. The van der Waals surface area contributed by atoms with Gasteiger partial charge in [0, 0.05) is 23.8 Å². The maximum Gasteiger partial charge on any atom is 0.278 e. The van der Waals surface area contributed by atoms with E-state index in [1.54, 1.807) is 11.7 Å². The first-order valence-corrected chi connectivity index (χ1v) is 8.96. The molecule has 2 unspecified atom stereocenters. The van der Waals surface area contributed by atoms with Gasteiger partial charge in [-0.1, -0.05) is 0 Å². The van der Waals surface area contributed by atoms with Crippen LogP contribution in [0.3, 0.4) is 0 Å². The molecular weight excluding hydrogens is 320 g/mol. The summed E-state index contributed by atoms with van der Waals surface area (Å²) < 4.78 is 0. The van der Waals surface area contributed by atoms with Gasteiger partial charge in [0.2, 0.25) is 0 Å². The second kappa shape index (κ2) is 5.19. The average molecular weight is 342 g/mol. The molecule has 6 rings (SSSR count). The Morgan fingerprint density at radius 1 is 1.28 bits per heavy atom. The molecule has 2 atom stereocenters. The maximum atomic E-state index is 12.1. The van der Waals surface area contributed by atoms with Crippen LogP contribution in [-0.4, -0.2) is 37.8 Å². The van der Waals surface area contributed by atoms with Crippen LogP contribution in [0.15, 0.2) is 18.5 Å². The molecule has 4 aliphatic rings. The summed E-state index contributed by atoms with van der Waals surface area (Å²) >= 11 is 0. The minimum Gasteiger partial charge on any atom is -0.390 e. The van der Waals surface area contributed by atoms with Gasteiger partial charge in [0.25, 0.3) is 5.91 Å². The Bertz CT molecular complexity index is 832. The van der Waals surface area contributed by atoms with Crippen molar-refractivity contribution in [1.29, 1.82) is 0 Å². The monoisotopic (exact) mass is 342 g/mol. The van der Waals surface area contributed by atoms with Gasteiger partial charge in [-0.2, -0.15) is 0 Å². The van der Waals surface area contributed by atoms with Gasteiger partial charge in [-0.25, -0.2) is 10.5 Å². The third kappa shape index (κ3) is 2.26. The quantitative estimate of drug-likeness (QED) is 0.433. The SMILES string of the molecule is O=C(NO)c1cnc2[nH]ccc2c1NC1C2CC3CC1CC(O)(C3)C2. The van der Waals surface area contributed by atoms with E-state index < -0.39 is 11.5 Å². The third-order valence-electron chi connectivity index (χ3n) is 6.48. The summed E-state index contributed by atoms with van der Waals surface area (Å²) in [6.07, 6.45) is 8.17. The molecule has 2 aromatic heterocycles. The van der Waals surface area contributed by atoms with Gasteiger partial charge in [0.05, 0.1) is 16.9 Å². The zero-order chi connectivity index (χ0) is 17.2. The summed E-state index contributed by atoms with van der Waals surface area (Å²) in [7, 11) is 0. The highest BCUT2D eigenvalue weighted by molar-refractivity contribution is 6.06. The van der Waals surface area contributed by atoms with Gasteiger partial charge in [-0.15, -0.1) is 0 Å². The number of amides is 1. The zero-order valence-corrected chi connectivity index (χ0v) is 13.8. The van der Waals surface area contributed by atoms with Crippen molar-refractivity contribution >= 4 is 22.6 Å². The zero-order valence-electron chi connectivity index (χ0n) is 13.8. The summed E-state index contributed by atoms with van der Waals surface area (Å²) in [5.41, 5.74) is 2.99. The molecular formula is C18H22N4O3. The molecule has 2 heterocycles. The predicted octanol–water partition coefficient (Wildman–Crippen LogP) is 2.03. The van der Waals surface area contributed by atoms with Crippen LogP contribution in [0.25, 0.3) is 11.0 Å². The van der Waals surface area contributed by atoms with E-state index in [1.165, 1.54) is 6.20 Å². The van der Waals surface area contributed by atoms with Crippen molar-refractivity contribution < 1.29 is 15.1 Å². The van der Waals surface area contributed by atoms with Crippen molar-refractivity contribution in [2.24, 2.45) is 17.8 Å². The molecule has 7 nitrogen and oxygen atoms in total. The number of carbonyl (C=O) groups excluding carboxylic acids is 1. The summed E-state index contributed by atoms with van der Waals surface area (Å²) in [6.45, 7) is 0. The van der Waals surface area contributed by atoms with E-state index in [9.17, 15) is 9.90 Å². The maximum absolute atomic E-state index is 12.1. The van der Waals surface area contributed by atoms with Gasteiger partial charge in [0.1, 0.15) is 5.65 Å². The van der Waals surface area contributed by atoms with E-state index in [1.807, 2.05) is 6.07 Å². The molecule has 4 bridgehead atoms. The van der Waals surface area contributed by atoms with Gasteiger partial charge in [-0.3, -0.25) is 10.0 Å². The van der Waals surface area contributed by atoms with Crippen LogP contribution >= 0.6 is 0 Å². The smallest absolute Gasteiger partial charge is 0.278 e. The molecule has 25 heavy (non-hydrogen) atoms. The fourth-order valence-electron chi connectivity index (χ4n) is 5.78. The van der Waals surface area contributed by atoms with Crippen LogP contribution in [0.5, 0.6) is 0 Å². The fourth-order valence-corrected chi connectivity index (χ4v) is 5.78. The number of hydrogen-bond acceptors (Lipinski definition) is 5. The highest BCUT2D eigenvalue weighted by Crippen LogP contribution is 2.56. The van der Waals surface area contributed by atoms with Crippen molar-refractivity contribution in [3.8, 4) is 0 Å². The summed E-state index contributed by atoms with van der Waals surface area (Å²) in [5, 5.41) is 24.3. The molecule has 7 heteroatoms. The number of aliphatic hydroxyl groups is 1. The summed E-state index contributed by atoms with van der Waals surface area (Å²) in [6, 6.07) is 2.13. The third-order valence-corrected chi connectivity index (χ3v) is 6.48. The van der Waals surface area contributed by atoms with Crippen LogP contribution < -0.4 is 10.8 Å². The lowest BCUT2D eigenvalue weighted by atomic mass is 9.52. The molecule has 4 fully saturated rings. The first-order valence-electron chi connectivity index (χ1n) is 8.96. The van der Waals surface area contributed by atoms with Crippen molar-refractivity contribution in [3.05, 3.63) is 24.0 Å². The molecule has 0 saturated heterocycles. The Morgan fingerprint density at radius 2 is 2.04 bits per heavy atom. The first-order chi connectivity index (χ1) is 12.1. The second-order valence-corrected chi connectivity index (χ2v) is 8.09. The number of aromatic nitrogens is 2. The van der Waals surface area contributed by atoms with Crippen LogP contribution in [0.1, 0.15) is 42.5 Å². The van der Waals surface area contributed by atoms with Crippen LogP contribution in [-0.2, 0) is 0 Å². The Morgan fingerprint density at radius 3 is 2.72 bits per heavy atom. The van der Waals surface area contributed by atoms with Crippen LogP contribution in [0.4, 0.5) is 5.69 Å². The summed E-state index contributed by atoms with van der Waals surface area (Å²) in [4.78, 5) is 19.4. The highest BCUT2D eigenvalue weighted by Gasteiger charge is 2.54. The number of carbonyl (C=O) groups is 1. The number of hydrogen-bond donors (Lipinski definition) is 5. The lowest BCUT2D eigenvalue weighted by Gasteiger charge is -2.58. The van der Waals surface area contributed by atoms with E-state index in [0.29, 0.717) is 34.7 Å². The van der Waals surface area contributed by atoms with E-state index in [-0.39, 0.29) is 6.04 Å². The number of hydroxylamine groups is 1. The minimum absolute atomic E-state index is 0.238. The molecule has 0 radical (unpaired) electrons. The number of rotatable bonds is 3. The molecule has 2 aromatic rings. The molecule has 0 aromatic carbocycles. The molecule has 0 aliphatic heterocycles. The lowest BCUT2D eigenvalue weighted by molar-refractivity contribution is -0.129. The number of nitrogens with one attached hydrogen (secondary N) is 3. The molecule has 1 amide bonds. The summed E-state index contributed by atoms with van der Waals surface area (Å²) in [5.74, 6) is 0.901. The molecule has 4 aliphatic carbocycles. The first kappa shape index (κ1) is 15.2. The Kier molecular flexibility index (Phi) is 3.15. The van der Waals surface area contributed by atoms with Crippen molar-refractivity contribution in [1.82, 2.24) is 15.4 Å². The van der Waals surface area contributed by atoms with Gasteiger partial charge >= 0.3 is 0 Å². The second-order valence-electron chi connectivity index (χ2n) is 8.09. The van der Waals surface area contributed by atoms with Crippen LogP contribution in [0.2, 0.25) is 0 Å². The number of anilines is 1. The average Bonchev–Trinajstić information content (AvgIpc) is 3.04. The molecule has 132 valence electrons. The fraction of sp³-hybridized carbons (Fsp3) is 0.556. The molecule has 5 N–H and O–H groups in total.